The standard InChI is InChI=1S/C13H20N2O2/c1-9-6-11(4-5-14)7-10(2)13(9)17-8-12(16)15-3/h6-7H,4-5,8,14H2,1-3H3,(H,15,16). The Hall–Kier alpha value is -1.55. The van der Waals surface area contributed by atoms with Gasteiger partial charge < -0.3 is 15.8 Å². The summed E-state index contributed by atoms with van der Waals surface area (Å²) in [6.45, 7) is 4.64. The Labute approximate surface area is 102 Å². The van der Waals surface area contributed by atoms with Crippen molar-refractivity contribution in [2.24, 2.45) is 5.73 Å². The first kappa shape index (κ1) is 13.5. The minimum Gasteiger partial charge on any atom is -0.483 e. The predicted octanol–water partition coefficient (Wildman–Crippen LogP) is 0.929. The van der Waals surface area contributed by atoms with Gasteiger partial charge in [-0.1, -0.05) is 12.1 Å². The monoisotopic (exact) mass is 236 g/mol. The highest BCUT2D eigenvalue weighted by Crippen LogP contribution is 2.24. The fourth-order valence-electron chi connectivity index (χ4n) is 1.79. The van der Waals surface area contributed by atoms with Crippen LogP contribution in [0.25, 0.3) is 0 Å². The number of rotatable bonds is 5. The highest BCUT2D eigenvalue weighted by Gasteiger charge is 2.08. The van der Waals surface area contributed by atoms with Gasteiger partial charge in [0.2, 0.25) is 0 Å². The van der Waals surface area contributed by atoms with E-state index in [0.717, 1.165) is 23.3 Å². The van der Waals surface area contributed by atoms with E-state index in [1.807, 2.05) is 13.8 Å². The summed E-state index contributed by atoms with van der Waals surface area (Å²) >= 11 is 0. The SMILES string of the molecule is CNC(=O)COc1c(C)cc(CCN)cc1C. The first-order valence-corrected chi connectivity index (χ1v) is 5.72. The molecule has 1 rings (SSSR count). The molecule has 0 atom stereocenters. The lowest BCUT2D eigenvalue weighted by atomic mass is 10.0. The molecule has 0 aliphatic rings. The van der Waals surface area contributed by atoms with Gasteiger partial charge in [0, 0.05) is 7.05 Å². The molecule has 1 aromatic carbocycles. The van der Waals surface area contributed by atoms with Crippen LogP contribution >= 0.6 is 0 Å². The molecule has 0 aliphatic heterocycles. The summed E-state index contributed by atoms with van der Waals surface area (Å²) in [5.74, 6) is 0.657. The Kier molecular flexibility index (Phi) is 4.97. The summed E-state index contributed by atoms with van der Waals surface area (Å²) in [5.41, 5.74) is 8.81. The van der Waals surface area contributed by atoms with E-state index in [2.05, 4.69) is 17.4 Å². The van der Waals surface area contributed by atoms with E-state index in [1.165, 1.54) is 5.56 Å². The van der Waals surface area contributed by atoms with Crippen molar-refractivity contribution in [2.45, 2.75) is 20.3 Å². The molecule has 0 aromatic heterocycles. The van der Waals surface area contributed by atoms with Crippen LogP contribution in [0.4, 0.5) is 0 Å². The number of nitrogens with one attached hydrogen (secondary N) is 1. The average Bonchev–Trinajstić information content (AvgIpc) is 2.28. The normalized spacial score (nSPS) is 10.1. The third kappa shape index (κ3) is 3.75. The fourth-order valence-corrected chi connectivity index (χ4v) is 1.79. The van der Waals surface area contributed by atoms with Gasteiger partial charge in [-0.05, 0) is 43.5 Å². The van der Waals surface area contributed by atoms with Crippen LogP contribution < -0.4 is 15.8 Å². The minimum absolute atomic E-state index is 0.0500. The zero-order valence-electron chi connectivity index (χ0n) is 10.7. The molecule has 1 aromatic rings. The van der Waals surface area contributed by atoms with E-state index in [4.69, 9.17) is 10.5 Å². The maximum absolute atomic E-state index is 11.1. The van der Waals surface area contributed by atoms with Crippen molar-refractivity contribution in [3.63, 3.8) is 0 Å². The molecule has 0 radical (unpaired) electrons. The molecule has 0 saturated carbocycles. The first-order valence-electron chi connectivity index (χ1n) is 5.72. The summed E-state index contributed by atoms with van der Waals surface area (Å²) in [6, 6.07) is 4.11. The number of amides is 1. The zero-order valence-corrected chi connectivity index (χ0v) is 10.7. The smallest absolute Gasteiger partial charge is 0.257 e. The van der Waals surface area contributed by atoms with Crippen molar-refractivity contribution in [1.29, 1.82) is 0 Å². The molecule has 3 N–H and O–H groups in total. The topological polar surface area (TPSA) is 64.3 Å². The van der Waals surface area contributed by atoms with Crippen molar-refractivity contribution in [2.75, 3.05) is 20.2 Å². The van der Waals surface area contributed by atoms with Gasteiger partial charge >= 0.3 is 0 Å². The number of aryl methyl sites for hydroxylation is 2. The van der Waals surface area contributed by atoms with Crippen LogP contribution in [0, 0.1) is 13.8 Å². The second kappa shape index (κ2) is 6.25. The maximum atomic E-state index is 11.1. The number of benzene rings is 1. The van der Waals surface area contributed by atoms with E-state index in [1.54, 1.807) is 7.05 Å². The Morgan fingerprint density at radius 1 is 1.35 bits per heavy atom. The molecule has 0 fully saturated rings. The molecule has 0 saturated heterocycles. The molecule has 17 heavy (non-hydrogen) atoms. The second-order valence-electron chi connectivity index (χ2n) is 4.06. The number of carbonyl (C=O) groups is 1. The Morgan fingerprint density at radius 2 is 1.94 bits per heavy atom. The summed E-state index contributed by atoms with van der Waals surface area (Å²) in [6.07, 6.45) is 0.859. The van der Waals surface area contributed by atoms with Crippen LogP contribution in [0.15, 0.2) is 12.1 Å². The Morgan fingerprint density at radius 3 is 2.41 bits per heavy atom. The summed E-state index contributed by atoms with van der Waals surface area (Å²) in [4.78, 5) is 11.1. The molecule has 1 amide bonds. The molecular weight excluding hydrogens is 216 g/mol. The van der Waals surface area contributed by atoms with Crippen LogP contribution in [-0.2, 0) is 11.2 Å². The van der Waals surface area contributed by atoms with Crippen LogP contribution in [0.2, 0.25) is 0 Å². The molecule has 94 valence electrons. The highest BCUT2D eigenvalue weighted by atomic mass is 16.5. The number of carbonyl (C=O) groups excluding carboxylic acids is 1. The van der Waals surface area contributed by atoms with Gasteiger partial charge in [-0.2, -0.15) is 0 Å². The molecule has 4 nitrogen and oxygen atoms in total. The maximum Gasteiger partial charge on any atom is 0.257 e. The van der Waals surface area contributed by atoms with Gasteiger partial charge in [0.15, 0.2) is 6.61 Å². The van der Waals surface area contributed by atoms with Gasteiger partial charge in [-0.25, -0.2) is 0 Å². The van der Waals surface area contributed by atoms with E-state index in [0.29, 0.717) is 6.54 Å². The van der Waals surface area contributed by atoms with E-state index < -0.39 is 0 Å². The zero-order chi connectivity index (χ0) is 12.8. The van der Waals surface area contributed by atoms with E-state index >= 15 is 0 Å². The molecule has 4 heteroatoms. The third-order valence-electron chi connectivity index (χ3n) is 2.58. The van der Waals surface area contributed by atoms with Gasteiger partial charge in [-0.3, -0.25) is 4.79 Å². The number of hydrogen-bond donors (Lipinski definition) is 2. The lowest BCUT2D eigenvalue weighted by Gasteiger charge is -2.13. The summed E-state index contributed by atoms with van der Waals surface area (Å²) in [7, 11) is 1.59. The van der Waals surface area contributed by atoms with E-state index in [-0.39, 0.29) is 12.5 Å². The molecule has 0 heterocycles. The molecule has 0 unspecified atom stereocenters. The van der Waals surface area contributed by atoms with Gasteiger partial charge in [0.1, 0.15) is 5.75 Å². The van der Waals surface area contributed by atoms with E-state index in [9.17, 15) is 4.79 Å². The van der Waals surface area contributed by atoms with Crippen molar-refractivity contribution < 1.29 is 9.53 Å². The van der Waals surface area contributed by atoms with Gasteiger partial charge in [0.25, 0.3) is 5.91 Å². The Balaban J connectivity index is 2.82. The third-order valence-corrected chi connectivity index (χ3v) is 2.58. The van der Waals surface area contributed by atoms with Gasteiger partial charge in [-0.15, -0.1) is 0 Å². The van der Waals surface area contributed by atoms with Gasteiger partial charge in [0.05, 0.1) is 0 Å². The largest absolute Gasteiger partial charge is 0.483 e. The fraction of sp³-hybridized carbons (Fsp3) is 0.462. The second-order valence-corrected chi connectivity index (χ2v) is 4.06. The number of hydrogen-bond acceptors (Lipinski definition) is 3. The molecular formula is C13H20N2O2. The number of likely N-dealkylation sites (N-methyl/N-ethyl adjacent to an activating group) is 1. The molecule has 0 bridgehead atoms. The van der Waals surface area contributed by atoms with Crippen LogP contribution in [0.1, 0.15) is 16.7 Å². The predicted molar refractivity (Wildman–Crippen MR) is 68.2 cm³/mol. The molecule has 0 aliphatic carbocycles. The quantitative estimate of drug-likeness (QED) is 0.799. The summed E-state index contributed by atoms with van der Waals surface area (Å²) < 4.78 is 5.51. The van der Waals surface area contributed by atoms with Crippen LogP contribution in [-0.4, -0.2) is 26.1 Å². The minimum atomic E-state index is -0.130. The molecule has 0 spiro atoms. The number of ether oxygens (including phenoxy) is 1. The number of nitrogens with two attached hydrogens (primary N) is 1. The van der Waals surface area contributed by atoms with Crippen molar-refractivity contribution in [1.82, 2.24) is 5.32 Å². The van der Waals surface area contributed by atoms with Crippen molar-refractivity contribution in [3.05, 3.63) is 28.8 Å². The lowest BCUT2D eigenvalue weighted by Crippen LogP contribution is -2.25. The highest BCUT2D eigenvalue weighted by molar-refractivity contribution is 5.77. The van der Waals surface area contributed by atoms with Crippen molar-refractivity contribution >= 4 is 5.91 Å². The first-order chi connectivity index (χ1) is 8.08. The summed E-state index contributed by atoms with van der Waals surface area (Å²) in [5, 5.41) is 2.53. The Bertz CT molecular complexity index is 379. The van der Waals surface area contributed by atoms with Crippen molar-refractivity contribution in [3.8, 4) is 5.75 Å². The average molecular weight is 236 g/mol. The van der Waals surface area contributed by atoms with Crippen LogP contribution in [0.3, 0.4) is 0 Å². The van der Waals surface area contributed by atoms with Crippen LogP contribution in [0.5, 0.6) is 5.75 Å². The lowest BCUT2D eigenvalue weighted by molar-refractivity contribution is -0.122.